The van der Waals surface area contributed by atoms with E-state index in [2.05, 4.69) is 16.0 Å². The van der Waals surface area contributed by atoms with E-state index in [9.17, 15) is 14.4 Å². The van der Waals surface area contributed by atoms with Crippen molar-refractivity contribution in [2.24, 2.45) is 0 Å². The summed E-state index contributed by atoms with van der Waals surface area (Å²) in [5, 5.41) is 8.21. The van der Waals surface area contributed by atoms with Gasteiger partial charge in [0.1, 0.15) is 5.70 Å². The van der Waals surface area contributed by atoms with Crippen molar-refractivity contribution in [2.75, 3.05) is 10.6 Å². The van der Waals surface area contributed by atoms with Gasteiger partial charge in [-0.1, -0.05) is 60.7 Å². The second-order valence-corrected chi connectivity index (χ2v) is 10.3. The highest BCUT2D eigenvalue weighted by atomic mass is 32.2. The van der Waals surface area contributed by atoms with Crippen LogP contribution in [-0.2, 0) is 9.59 Å². The number of carbonyl (C=O) groups is 3. The molecule has 0 aromatic heterocycles. The maximum atomic E-state index is 13.2. The number of hydrogen-bond acceptors (Lipinski definition) is 4. The van der Waals surface area contributed by atoms with Crippen molar-refractivity contribution in [3.63, 3.8) is 0 Å². The summed E-state index contributed by atoms with van der Waals surface area (Å²) in [6.45, 7) is 3.83. The van der Waals surface area contributed by atoms with Gasteiger partial charge in [0.05, 0.1) is 5.25 Å². The first-order valence-electron chi connectivity index (χ1n) is 12.5. The highest BCUT2D eigenvalue weighted by Gasteiger charge is 2.17. The molecule has 6 nitrogen and oxygen atoms in total. The van der Waals surface area contributed by atoms with Crippen LogP contribution in [0.2, 0.25) is 0 Å². The number of aryl methyl sites for hydroxylation is 1. The average Bonchev–Trinajstić information content (AvgIpc) is 2.94. The normalized spacial score (nSPS) is 11.8. The van der Waals surface area contributed by atoms with Crippen molar-refractivity contribution in [1.82, 2.24) is 5.32 Å². The maximum absolute atomic E-state index is 13.2. The first-order chi connectivity index (χ1) is 18.9. The summed E-state index contributed by atoms with van der Waals surface area (Å²) in [5.41, 5.74) is 3.76. The van der Waals surface area contributed by atoms with E-state index >= 15 is 0 Å². The molecular formula is C32H29N3O3S. The topological polar surface area (TPSA) is 87.3 Å². The van der Waals surface area contributed by atoms with E-state index in [1.165, 1.54) is 11.8 Å². The highest BCUT2D eigenvalue weighted by molar-refractivity contribution is 8.00. The number of amides is 3. The smallest absolute Gasteiger partial charge is 0.272 e. The van der Waals surface area contributed by atoms with Gasteiger partial charge >= 0.3 is 0 Å². The molecule has 0 saturated heterocycles. The third kappa shape index (κ3) is 8.18. The lowest BCUT2D eigenvalue weighted by Gasteiger charge is -2.14. The fraction of sp³-hybridized carbons (Fsp3) is 0.0938. The monoisotopic (exact) mass is 535 g/mol. The van der Waals surface area contributed by atoms with Crippen LogP contribution in [0.1, 0.15) is 28.4 Å². The van der Waals surface area contributed by atoms with Gasteiger partial charge in [0.2, 0.25) is 5.91 Å². The molecule has 4 aromatic carbocycles. The summed E-state index contributed by atoms with van der Waals surface area (Å²) in [6.07, 6.45) is 1.63. The van der Waals surface area contributed by atoms with E-state index in [4.69, 9.17) is 0 Å². The minimum absolute atomic E-state index is 0.0900. The number of carbonyl (C=O) groups excluding carboxylic acids is 3. The molecule has 4 aromatic rings. The molecule has 0 radical (unpaired) electrons. The van der Waals surface area contributed by atoms with E-state index in [1.54, 1.807) is 42.5 Å². The molecule has 0 spiro atoms. The summed E-state index contributed by atoms with van der Waals surface area (Å²) in [6, 6.07) is 32.9. The van der Waals surface area contributed by atoms with Gasteiger partial charge in [-0.2, -0.15) is 0 Å². The first-order valence-corrected chi connectivity index (χ1v) is 13.3. The van der Waals surface area contributed by atoms with Crippen LogP contribution in [0, 0.1) is 6.92 Å². The van der Waals surface area contributed by atoms with Crippen LogP contribution in [0.3, 0.4) is 0 Å². The largest absolute Gasteiger partial charge is 0.325 e. The SMILES string of the molecule is Cc1cccc(NC(=O)C(C)Sc2ccc(NC(=O)/C(=C/c3ccccc3)NC(=O)c3ccccc3)cc2)c1. The van der Waals surface area contributed by atoms with Gasteiger partial charge in [0, 0.05) is 21.8 Å². The molecular weight excluding hydrogens is 506 g/mol. The number of rotatable bonds is 9. The second-order valence-electron chi connectivity index (χ2n) is 8.89. The van der Waals surface area contributed by atoms with Crippen molar-refractivity contribution in [2.45, 2.75) is 24.0 Å². The molecule has 3 amide bonds. The van der Waals surface area contributed by atoms with Gasteiger partial charge in [-0.25, -0.2) is 0 Å². The molecule has 0 bridgehead atoms. The minimum Gasteiger partial charge on any atom is -0.325 e. The zero-order valence-electron chi connectivity index (χ0n) is 21.7. The molecule has 7 heteroatoms. The Kier molecular flexibility index (Phi) is 9.32. The van der Waals surface area contributed by atoms with Crippen LogP contribution < -0.4 is 16.0 Å². The van der Waals surface area contributed by atoms with Crippen LogP contribution in [0.5, 0.6) is 0 Å². The van der Waals surface area contributed by atoms with Gasteiger partial charge in [-0.05, 0) is 79.6 Å². The molecule has 0 saturated carbocycles. The van der Waals surface area contributed by atoms with Gasteiger partial charge in [0.15, 0.2) is 0 Å². The van der Waals surface area contributed by atoms with Gasteiger partial charge in [0.25, 0.3) is 11.8 Å². The lowest BCUT2D eigenvalue weighted by molar-refractivity contribution is -0.115. The molecule has 1 unspecified atom stereocenters. The highest BCUT2D eigenvalue weighted by Crippen LogP contribution is 2.26. The Labute approximate surface area is 232 Å². The summed E-state index contributed by atoms with van der Waals surface area (Å²) >= 11 is 1.42. The van der Waals surface area contributed by atoms with Crippen LogP contribution in [0.4, 0.5) is 11.4 Å². The summed E-state index contributed by atoms with van der Waals surface area (Å²) in [7, 11) is 0. The predicted octanol–water partition coefficient (Wildman–Crippen LogP) is 6.52. The predicted molar refractivity (Wildman–Crippen MR) is 159 cm³/mol. The van der Waals surface area contributed by atoms with Crippen molar-refractivity contribution in [1.29, 1.82) is 0 Å². The van der Waals surface area contributed by atoms with Gasteiger partial charge in [-0.15, -0.1) is 11.8 Å². The molecule has 3 N–H and O–H groups in total. The number of hydrogen-bond donors (Lipinski definition) is 3. The Morgan fingerprint density at radius 3 is 2.08 bits per heavy atom. The molecule has 196 valence electrons. The zero-order chi connectivity index (χ0) is 27.6. The van der Waals surface area contributed by atoms with Gasteiger partial charge < -0.3 is 16.0 Å². The number of thioether (sulfide) groups is 1. The molecule has 4 rings (SSSR count). The Morgan fingerprint density at radius 1 is 0.744 bits per heavy atom. The van der Waals surface area contributed by atoms with Crippen LogP contribution in [0.25, 0.3) is 6.08 Å². The molecule has 0 heterocycles. The summed E-state index contributed by atoms with van der Waals surface area (Å²) in [5.74, 6) is -0.917. The van der Waals surface area contributed by atoms with Crippen molar-refractivity contribution in [3.8, 4) is 0 Å². The van der Waals surface area contributed by atoms with Crippen molar-refractivity contribution in [3.05, 3.63) is 132 Å². The van der Waals surface area contributed by atoms with E-state index in [-0.39, 0.29) is 22.8 Å². The Balaban J connectivity index is 1.41. The lowest BCUT2D eigenvalue weighted by Crippen LogP contribution is -2.30. The fourth-order valence-electron chi connectivity index (χ4n) is 3.70. The van der Waals surface area contributed by atoms with Crippen molar-refractivity contribution < 1.29 is 14.4 Å². The Hall–Kier alpha value is -4.62. The number of nitrogens with one attached hydrogen (secondary N) is 3. The third-order valence-corrected chi connectivity index (χ3v) is 6.83. The molecule has 0 aliphatic carbocycles. The summed E-state index contributed by atoms with van der Waals surface area (Å²) in [4.78, 5) is 39.5. The molecule has 39 heavy (non-hydrogen) atoms. The minimum atomic E-state index is -0.450. The quantitative estimate of drug-likeness (QED) is 0.168. The molecule has 0 aliphatic rings. The average molecular weight is 536 g/mol. The van der Waals surface area contributed by atoms with Crippen LogP contribution in [0.15, 0.2) is 120 Å². The maximum Gasteiger partial charge on any atom is 0.272 e. The lowest BCUT2D eigenvalue weighted by atomic mass is 10.1. The fourth-order valence-corrected chi connectivity index (χ4v) is 4.57. The van der Waals surface area contributed by atoms with E-state index in [0.717, 1.165) is 21.7 Å². The Bertz CT molecular complexity index is 1470. The zero-order valence-corrected chi connectivity index (χ0v) is 22.5. The third-order valence-electron chi connectivity index (χ3n) is 5.72. The second kappa shape index (κ2) is 13.3. The Morgan fingerprint density at radius 2 is 1.41 bits per heavy atom. The van der Waals surface area contributed by atoms with Crippen LogP contribution in [-0.4, -0.2) is 23.0 Å². The van der Waals surface area contributed by atoms with E-state index in [1.807, 2.05) is 86.6 Å². The first kappa shape index (κ1) is 27.4. The van der Waals surface area contributed by atoms with Gasteiger partial charge in [-0.3, -0.25) is 14.4 Å². The molecule has 0 aliphatic heterocycles. The van der Waals surface area contributed by atoms with Crippen molar-refractivity contribution >= 4 is 46.9 Å². The van der Waals surface area contributed by atoms with E-state index in [0.29, 0.717) is 11.3 Å². The van der Waals surface area contributed by atoms with Crippen LogP contribution >= 0.6 is 11.8 Å². The number of anilines is 2. The summed E-state index contributed by atoms with van der Waals surface area (Å²) < 4.78 is 0. The molecule has 0 fully saturated rings. The standard InChI is InChI=1S/C32H29N3O3S/c1-22-10-9-15-27(20-22)34-30(36)23(2)39-28-18-16-26(17-19-28)33-32(38)29(21-24-11-5-3-6-12-24)35-31(37)25-13-7-4-8-14-25/h3-21,23H,1-2H3,(H,33,38)(H,34,36)(H,35,37)/b29-21-. The van der Waals surface area contributed by atoms with E-state index < -0.39 is 5.91 Å². The number of benzene rings is 4. The molecule has 1 atom stereocenters.